The Labute approximate surface area is 239 Å². The van der Waals surface area contributed by atoms with E-state index in [1.165, 1.54) is 30.1 Å². The lowest BCUT2D eigenvalue weighted by atomic mass is 9.86. The van der Waals surface area contributed by atoms with Crippen LogP contribution < -0.4 is 9.80 Å². The van der Waals surface area contributed by atoms with Gasteiger partial charge in [-0.2, -0.15) is 4.39 Å². The van der Waals surface area contributed by atoms with Crippen LogP contribution in [0.2, 0.25) is 0 Å². The minimum Gasteiger partial charge on any atom is -0.481 e. The lowest BCUT2D eigenvalue weighted by Crippen LogP contribution is -2.35. The van der Waals surface area contributed by atoms with Crippen molar-refractivity contribution in [1.82, 2.24) is 9.97 Å². The van der Waals surface area contributed by atoms with Gasteiger partial charge in [0.2, 0.25) is 16.9 Å². The number of hydrogen-bond donors (Lipinski definition) is 1. The third-order valence-electron chi connectivity index (χ3n) is 7.57. The fraction of sp³-hybridized carbons (Fsp3) is 0.414. The molecule has 2 aliphatic rings. The van der Waals surface area contributed by atoms with Crippen molar-refractivity contribution in [1.29, 1.82) is 0 Å². The number of benzene rings is 1. The van der Waals surface area contributed by atoms with Crippen LogP contribution in [0.15, 0.2) is 36.5 Å². The summed E-state index contributed by atoms with van der Waals surface area (Å²) < 4.78 is 35.1. The van der Waals surface area contributed by atoms with E-state index in [0.29, 0.717) is 60.9 Å². The molecule has 2 amide bonds. The van der Waals surface area contributed by atoms with E-state index in [2.05, 4.69) is 9.97 Å². The van der Waals surface area contributed by atoms with Gasteiger partial charge in [-0.25, -0.2) is 14.4 Å². The molecular formula is C29H30F2N4O5S. The van der Waals surface area contributed by atoms with Gasteiger partial charge in [0.25, 0.3) is 0 Å². The number of carboxylic acid groups (broad SMARTS) is 1. The van der Waals surface area contributed by atoms with E-state index in [1.54, 1.807) is 23.2 Å². The molecule has 0 spiro atoms. The van der Waals surface area contributed by atoms with Gasteiger partial charge in [0.1, 0.15) is 17.3 Å². The highest BCUT2D eigenvalue weighted by Crippen LogP contribution is 2.38. The van der Waals surface area contributed by atoms with Gasteiger partial charge < -0.3 is 9.84 Å². The molecule has 216 valence electrons. The molecule has 2 aromatic heterocycles. The van der Waals surface area contributed by atoms with E-state index in [0.717, 1.165) is 19.3 Å². The first-order valence-corrected chi connectivity index (χ1v) is 14.3. The summed E-state index contributed by atoms with van der Waals surface area (Å²) in [6.45, 7) is 1.73. The molecule has 2 aliphatic heterocycles. The van der Waals surface area contributed by atoms with Crippen LogP contribution in [0.1, 0.15) is 38.5 Å². The Kier molecular flexibility index (Phi) is 8.69. The number of halogens is 2. The topological polar surface area (TPSA) is 113 Å². The van der Waals surface area contributed by atoms with Crippen molar-refractivity contribution < 1.29 is 33.0 Å². The third kappa shape index (κ3) is 6.43. The van der Waals surface area contributed by atoms with Crippen LogP contribution in [0, 0.1) is 22.8 Å². The molecule has 0 radical (unpaired) electrons. The molecule has 0 aliphatic carbocycles. The van der Waals surface area contributed by atoms with Crippen LogP contribution in [0.4, 0.5) is 19.7 Å². The Balaban J connectivity index is 1.41. The number of thiazole rings is 1. The molecule has 3 aromatic rings. The van der Waals surface area contributed by atoms with Crippen LogP contribution in [0.5, 0.6) is 0 Å². The van der Waals surface area contributed by atoms with Gasteiger partial charge in [0.15, 0.2) is 5.13 Å². The van der Waals surface area contributed by atoms with E-state index in [9.17, 15) is 23.9 Å². The zero-order valence-electron chi connectivity index (χ0n) is 22.5. The normalized spacial score (nSPS) is 16.7. The standard InChI is InChI=1S/C29H30F2N4O5S/c1-34(28(39)19(14-25(37)38)13-17-8-11-40-12-9-17)29-33-26(27(31)41-29)22-15-20(30)5-6-21(22)18-4-7-23(32-16-18)35-10-2-3-24(35)36/h4-7,15-17,19H,2-3,8-14H2,1H3,(H,37,38). The lowest BCUT2D eigenvalue weighted by Gasteiger charge is -2.27. The highest BCUT2D eigenvalue weighted by molar-refractivity contribution is 7.14. The van der Waals surface area contributed by atoms with Gasteiger partial charge in [-0.1, -0.05) is 17.4 Å². The minimum atomic E-state index is -1.09. The predicted octanol–water partition coefficient (Wildman–Crippen LogP) is 5.15. The van der Waals surface area contributed by atoms with E-state index < -0.39 is 28.7 Å². The van der Waals surface area contributed by atoms with Gasteiger partial charge >= 0.3 is 5.97 Å². The quantitative estimate of drug-likeness (QED) is 0.370. The number of aromatic nitrogens is 2. The largest absolute Gasteiger partial charge is 0.481 e. The first kappa shape index (κ1) is 28.7. The number of hydrogen-bond acceptors (Lipinski definition) is 7. The number of carbonyl (C=O) groups is 3. The summed E-state index contributed by atoms with van der Waals surface area (Å²) in [5.41, 5.74) is 1.11. The summed E-state index contributed by atoms with van der Waals surface area (Å²) in [4.78, 5) is 48.6. The Bertz CT molecular complexity index is 1440. The van der Waals surface area contributed by atoms with E-state index in [1.807, 2.05) is 0 Å². The average Bonchev–Trinajstić information content (AvgIpc) is 3.57. The van der Waals surface area contributed by atoms with Crippen molar-refractivity contribution in [2.45, 2.75) is 38.5 Å². The molecule has 12 heteroatoms. The fourth-order valence-electron chi connectivity index (χ4n) is 5.39. The Hall–Kier alpha value is -3.77. The van der Waals surface area contributed by atoms with E-state index in [4.69, 9.17) is 4.74 Å². The number of rotatable bonds is 9. The van der Waals surface area contributed by atoms with Crippen LogP contribution in [-0.4, -0.2) is 59.7 Å². The maximum Gasteiger partial charge on any atom is 0.304 e. The summed E-state index contributed by atoms with van der Waals surface area (Å²) in [7, 11) is 1.44. The highest BCUT2D eigenvalue weighted by atomic mass is 32.1. The number of pyridine rings is 1. The molecule has 1 unspecified atom stereocenters. The van der Waals surface area contributed by atoms with Crippen molar-refractivity contribution in [2.24, 2.45) is 11.8 Å². The number of amides is 2. The molecule has 41 heavy (non-hydrogen) atoms. The maximum absolute atomic E-state index is 15.4. The van der Waals surface area contributed by atoms with Gasteiger partial charge in [0.05, 0.1) is 6.42 Å². The third-order valence-corrected chi connectivity index (χ3v) is 8.49. The average molecular weight is 585 g/mol. The molecule has 2 saturated heterocycles. The number of carbonyl (C=O) groups excluding carboxylic acids is 2. The number of aliphatic carboxylic acids is 1. The van der Waals surface area contributed by atoms with Gasteiger partial charge in [-0.3, -0.25) is 24.2 Å². The lowest BCUT2D eigenvalue weighted by molar-refractivity contribution is -0.141. The molecule has 2 fully saturated rings. The van der Waals surface area contributed by atoms with Crippen molar-refractivity contribution >= 4 is 40.1 Å². The summed E-state index contributed by atoms with van der Waals surface area (Å²) in [6.07, 6.45) is 4.32. The number of anilines is 2. The predicted molar refractivity (Wildman–Crippen MR) is 150 cm³/mol. The molecule has 5 rings (SSSR count). The molecule has 1 atom stereocenters. The molecule has 0 saturated carbocycles. The Morgan fingerprint density at radius 2 is 1.98 bits per heavy atom. The molecule has 0 bridgehead atoms. The van der Waals surface area contributed by atoms with Crippen molar-refractivity contribution in [3.8, 4) is 22.4 Å². The maximum atomic E-state index is 15.4. The number of carboxylic acids is 1. The molecule has 1 N–H and O–H groups in total. The van der Waals surface area contributed by atoms with Crippen molar-refractivity contribution in [2.75, 3.05) is 36.6 Å². The van der Waals surface area contributed by atoms with Crippen molar-refractivity contribution in [3.63, 3.8) is 0 Å². The summed E-state index contributed by atoms with van der Waals surface area (Å²) in [6, 6.07) is 7.37. The first-order valence-electron chi connectivity index (χ1n) is 13.5. The number of nitrogens with zero attached hydrogens (tertiary/aromatic N) is 4. The minimum absolute atomic E-state index is 0.00168. The second-order valence-corrected chi connectivity index (χ2v) is 11.3. The second kappa shape index (κ2) is 12.4. The van der Waals surface area contributed by atoms with Gasteiger partial charge in [0, 0.05) is 56.5 Å². The number of ether oxygens (including phenoxy) is 1. The van der Waals surface area contributed by atoms with E-state index >= 15 is 4.39 Å². The van der Waals surface area contributed by atoms with Crippen LogP contribution in [0.3, 0.4) is 0 Å². The molecule has 1 aromatic carbocycles. The summed E-state index contributed by atoms with van der Waals surface area (Å²) in [5.74, 6) is -2.27. The molecule has 9 nitrogen and oxygen atoms in total. The smallest absolute Gasteiger partial charge is 0.304 e. The van der Waals surface area contributed by atoms with Crippen LogP contribution in [0.25, 0.3) is 22.4 Å². The van der Waals surface area contributed by atoms with Crippen LogP contribution >= 0.6 is 11.3 Å². The zero-order valence-corrected chi connectivity index (χ0v) is 23.3. The monoisotopic (exact) mass is 584 g/mol. The zero-order chi connectivity index (χ0) is 29.1. The first-order chi connectivity index (χ1) is 19.7. The Morgan fingerprint density at radius 1 is 1.20 bits per heavy atom. The summed E-state index contributed by atoms with van der Waals surface area (Å²) in [5, 5.41) is 8.77. The molecular weight excluding hydrogens is 554 g/mol. The van der Waals surface area contributed by atoms with Crippen molar-refractivity contribution in [3.05, 3.63) is 47.5 Å². The molecule has 4 heterocycles. The Morgan fingerprint density at radius 3 is 2.63 bits per heavy atom. The highest BCUT2D eigenvalue weighted by Gasteiger charge is 2.31. The second-order valence-electron chi connectivity index (χ2n) is 10.3. The fourth-order valence-corrected chi connectivity index (χ4v) is 6.17. The van der Waals surface area contributed by atoms with E-state index in [-0.39, 0.29) is 34.6 Å². The SMILES string of the molecule is CN(C(=O)C(CC(=O)O)CC1CCOCC1)c1nc(-c2cc(F)ccc2-c2ccc(N3CCCC3=O)nc2)c(F)s1. The van der Waals surface area contributed by atoms with Gasteiger partial charge in [-0.15, -0.1) is 0 Å². The van der Waals surface area contributed by atoms with Crippen LogP contribution in [-0.2, 0) is 19.1 Å². The van der Waals surface area contributed by atoms with Gasteiger partial charge in [-0.05, 0) is 61.4 Å². The summed E-state index contributed by atoms with van der Waals surface area (Å²) >= 11 is 0.635.